The second-order valence-electron chi connectivity index (χ2n) is 5.85. The summed E-state index contributed by atoms with van der Waals surface area (Å²) >= 11 is 3.61. The van der Waals surface area contributed by atoms with Gasteiger partial charge in [0.05, 0.1) is 33.5 Å². The summed E-state index contributed by atoms with van der Waals surface area (Å²) in [4.78, 5) is 9.54. The van der Waals surface area contributed by atoms with Crippen molar-refractivity contribution in [2.75, 3.05) is 0 Å². The smallest absolute Gasteiger partial charge is 0.101 e. The molecule has 0 atom stereocenters. The highest BCUT2D eigenvalue weighted by atomic mass is 79.9. The van der Waals surface area contributed by atoms with Crippen molar-refractivity contribution in [1.29, 1.82) is 10.5 Å². The van der Waals surface area contributed by atoms with E-state index >= 15 is 0 Å². The summed E-state index contributed by atoms with van der Waals surface area (Å²) < 4.78 is 1.03. The van der Waals surface area contributed by atoms with Crippen LogP contribution < -0.4 is 0 Å². The van der Waals surface area contributed by atoms with Crippen LogP contribution in [-0.2, 0) is 0 Å². The zero-order chi connectivity index (χ0) is 17.1. The van der Waals surface area contributed by atoms with Crippen molar-refractivity contribution in [3.05, 3.63) is 58.1 Å². The molecule has 3 aromatic carbocycles. The van der Waals surface area contributed by atoms with E-state index in [2.05, 4.69) is 34.1 Å². The second-order valence-corrected chi connectivity index (χ2v) is 6.71. The summed E-state index contributed by atoms with van der Waals surface area (Å²) in [6.45, 7) is 0. The SMILES string of the molecule is N#Cc1cc2nc3c(nc2cc1C#N)-c1ccc(Br)c2cccc-3c12. The normalized spacial score (nSPS) is 11.3. The minimum Gasteiger partial charge on any atom is -0.244 e. The Morgan fingerprint density at radius 3 is 2.00 bits per heavy atom. The average Bonchev–Trinajstić information content (AvgIpc) is 2.96. The summed E-state index contributed by atoms with van der Waals surface area (Å²) in [5, 5.41) is 20.7. The molecular formula is C20H7BrN4. The molecule has 0 amide bonds. The lowest BCUT2D eigenvalue weighted by Crippen LogP contribution is -1.93. The molecule has 0 fully saturated rings. The predicted octanol–water partition coefficient (Wildman–Crippen LogP) is 4.94. The van der Waals surface area contributed by atoms with Crippen molar-refractivity contribution in [1.82, 2.24) is 9.97 Å². The first-order valence-electron chi connectivity index (χ1n) is 7.59. The Labute approximate surface area is 151 Å². The van der Waals surface area contributed by atoms with E-state index in [1.165, 1.54) is 0 Å². The van der Waals surface area contributed by atoms with E-state index in [1.807, 2.05) is 24.3 Å². The third-order valence-corrected chi connectivity index (χ3v) is 5.23. The van der Waals surface area contributed by atoms with Gasteiger partial charge in [-0.2, -0.15) is 10.5 Å². The Morgan fingerprint density at radius 2 is 1.40 bits per heavy atom. The molecule has 0 bridgehead atoms. The maximum absolute atomic E-state index is 9.24. The first-order valence-corrected chi connectivity index (χ1v) is 8.38. The molecule has 0 saturated carbocycles. The molecule has 114 valence electrons. The molecule has 0 radical (unpaired) electrons. The standard InChI is InChI=1S/C20H7BrN4/c21-15-5-4-14-18-12(15)2-1-3-13(18)19-20(14)25-17-7-11(9-23)10(8-22)6-16(17)24-19/h1-7H. The topological polar surface area (TPSA) is 73.4 Å². The summed E-state index contributed by atoms with van der Waals surface area (Å²) in [6, 6.07) is 17.6. The van der Waals surface area contributed by atoms with E-state index in [-0.39, 0.29) is 0 Å². The lowest BCUT2D eigenvalue weighted by molar-refractivity contribution is 1.31. The maximum Gasteiger partial charge on any atom is 0.101 e. The predicted molar refractivity (Wildman–Crippen MR) is 98.6 cm³/mol. The largest absolute Gasteiger partial charge is 0.244 e. The fraction of sp³-hybridized carbons (Fsp3) is 0. The van der Waals surface area contributed by atoms with Crippen molar-refractivity contribution < 1.29 is 0 Å². The fourth-order valence-corrected chi connectivity index (χ4v) is 3.89. The van der Waals surface area contributed by atoms with E-state index in [0.717, 1.165) is 37.8 Å². The summed E-state index contributed by atoms with van der Waals surface area (Å²) in [5.41, 5.74) is 5.61. The lowest BCUT2D eigenvalue weighted by Gasteiger charge is -2.05. The van der Waals surface area contributed by atoms with Crippen molar-refractivity contribution in [3.8, 4) is 34.7 Å². The number of fused-ring (bicyclic) bond motifs is 4. The molecule has 5 heteroatoms. The molecule has 5 rings (SSSR count). The number of benzene rings is 3. The fourth-order valence-electron chi connectivity index (χ4n) is 3.43. The lowest BCUT2D eigenvalue weighted by atomic mass is 10.0. The van der Waals surface area contributed by atoms with Crippen LogP contribution in [0.3, 0.4) is 0 Å². The second kappa shape index (κ2) is 4.86. The number of nitriles is 2. The van der Waals surface area contributed by atoms with Gasteiger partial charge in [-0.3, -0.25) is 0 Å². The van der Waals surface area contributed by atoms with Crippen LogP contribution in [0.1, 0.15) is 11.1 Å². The number of hydrogen-bond acceptors (Lipinski definition) is 4. The van der Waals surface area contributed by atoms with Crippen LogP contribution in [0.2, 0.25) is 0 Å². The highest BCUT2D eigenvalue weighted by Gasteiger charge is 2.25. The first kappa shape index (κ1) is 14.1. The molecular weight excluding hydrogens is 376 g/mol. The van der Waals surface area contributed by atoms with Crippen LogP contribution in [0.15, 0.2) is 46.9 Å². The quantitative estimate of drug-likeness (QED) is 0.380. The summed E-state index contributed by atoms with van der Waals surface area (Å²) in [7, 11) is 0. The molecule has 4 nitrogen and oxygen atoms in total. The Kier molecular flexibility index (Phi) is 2.74. The molecule has 1 aliphatic carbocycles. The minimum atomic E-state index is 0.320. The molecule has 25 heavy (non-hydrogen) atoms. The first-order chi connectivity index (χ1) is 12.2. The zero-order valence-corrected chi connectivity index (χ0v) is 14.3. The molecule has 0 N–H and O–H groups in total. The molecule has 0 saturated heterocycles. The number of nitrogens with zero attached hydrogens (tertiary/aromatic N) is 4. The van der Waals surface area contributed by atoms with E-state index < -0.39 is 0 Å². The van der Waals surface area contributed by atoms with Gasteiger partial charge in [-0.05, 0) is 23.6 Å². The number of aromatic nitrogens is 2. The molecule has 1 heterocycles. The Hall–Kier alpha value is -3.28. The van der Waals surface area contributed by atoms with Crippen molar-refractivity contribution >= 4 is 37.7 Å². The molecule has 0 spiro atoms. The van der Waals surface area contributed by atoms with Crippen LogP contribution in [0, 0.1) is 22.7 Å². The highest BCUT2D eigenvalue weighted by Crippen LogP contribution is 2.47. The van der Waals surface area contributed by atoms with Gasteiger partial charge < -0.3 is 0 Å². The summed E-state index contributed by atoms with van der Waals surface area (Å²) in [6.07, 6.45) is 0. The monoisotopic (exact) mass is 382 g/mol. The maximum atomic E-state index is 9.24. The molecule has 0 aliphatic heterocycles. The number of hydrogen-bond donors (Lipinski definition) is 0. The van der Waals surface area contributed by atoms with Gasteiger partial charge in [0.25, 0.3) is 0 Å². The third-order valence-electron chi connectivity index (χ3n) is 4.54. The van der Waals surface area contributed by atoms with Crippen LogP contribution in [0.25, 0.3) is 44.3 Å². The molecule has 0 unspecified atom stereocenters. The average molecular weight is 383 g/mol. The third kappa shape index (κ3) is 1.79. The van der Waals surface area contributed by atoms with Crippen molar-refractivity contribution in [3.63, 3.8) is 0 Å². The van der Waals surface area contributed by atoms with Crippen molar-refractivity contribution in [2.45, 2.75) is 0 Å². The minimum absolute atomic E-state index is 0.320. The van der Waals surface area contributed by atoms with Crippen LogP contribution >= 0.6 is 15.9 Å². The Bertz CT molecular complexity index is 1260. The summed E-state index contributed by atoms with van der Waals surface area (Å²) in [5.74, 6) is 0. The van der Waals surface area contributed by atoms with Gasteiger partial charge >= 0.3 is 0 Å². The van der Waals surface area contributed by atoms with Gasteiger partial charge in [0.2, 0.25) is 0 Å². The zero-order valence-electron chi connectivity index (χ0n) is 12.7. The van der Waals surface area contributed by atoms with E-state index in [9.17, 15) is 10.5 Å². The van der Waals surface area contributed by atoms with E-state index in [4.69, 9.17) is 9.97 Å². The van der Waals surface area contributed by atoms with Crippen LogP contribution in [0.5, 0.6) is 0 Å². The Morgan fingerprint density at radius 1 is 0.800 bits per heavy atom. The Balaban J connectivity index is 1.93. The van der Waals surface area contributed by atoms with Gasteiger partial charge in [-0.1, -0.05) is 40.2 Å². The van der Waals surface area contributed by atoms with E-state index in [1.54, 1.807) is 12.1 Å². The highest BCUT2D eigenvalue weighted by molar-refractivity contribution is 9.10. The van der Waals surface area contributed by atoms with Gasteiger partial charge in [-0.25, -0.2) is 9.97 Å². The number of rotatable bonds is 0. The van der Waals surface area contributed by atoms with Crippen LogP contribution in [0.4, 0.5) is 0 Å². The molecule has 1 aromatic heterocycles. The number of halogens is 1. The van der Waals surface area contributed by atoms with Gasteiger partial charge in [0.1, 0.15) is 12.1 Å². The molecule has 1 aliphatic rings. The van der Waals surface area contributed by atoms with Crippen molar-refractivity contribution in [2.24, 2.45) is 0 Å². The van der Waals surface area contributed by atoms with E-state index in [0.29, 0.717) is 22.2 Å². The van der Waals surface area contributed by atoms with Crippen LogP contribution in [-0.4, -0.2) is 9.97 Å². The van der Waals surface area contributed by atoms with Gasteiger partial charge in [0, 0.05) is 21.0 Å². The van der Waals surface area contributed by atoms with Gasteiger partial charge in [-0.15, -0.1) is 0 Å². The molecule has 4 aromatic rings. The van der Waals surface area contributed by atoms with Gasteiger partial charge in [0.15, 0.2) is 0 Å².